The predicted molar refractivity (Wildman–Crippen MR) is 108 cm³/mol. The van der Waals surface area contributed by atoms with Crippen LogP contribution in [0.25, 0.3) is 10.9 Å². The molecule has 1 heterocycles. The van der Waals surface area contributed by atoms with Crippen molar-refractivity contribution in [3.8, 4) is 0 Å². The van der Waals surface area contributed by atoms with Crippen LogP contribution in [0.5, 0.6) is 0 Å². The quantitative estimate of drug-likeness (QED) is 0.608. The molecule has 0 spiro atoms. The summed E-state index contributed by atoms with van der Waals surface area (Å²) in [4.78, 5) is 18.1. The Morgan fingerprint density at radius 2 is 1.85 bits per heavy atom. The third-order valence-corrected chi connectivity index (χ3v) is 5.34. The number of rotatable bonds is 7. The molecule has 142 valence electrons. The van der Waals surface area contributed by atoms with E-state index in [0.717, 1.165) is 28.5 Å². The fraction of sp³-hybridized carbons (Fsp3) is 0.348. The summed E-state index contributed by atoms with van der Waals surface area (Å²) in [6, 6.07) is 12.8. The summed E-state index contributed by atoms with van der Waals surface area (Å²) >= 11 is 0. The molecule has 0 aliphatic carbocycles. The van der Waals surface area contributed by atoms with Gasteiger partial charge in [0, 0.05) is 42.5 Å². The standard InChI is InChI=1S/C23H27FN2O/c1-4-16-9-8-12-19-21(15-25-23(16)19)20(14-22(27)26(5-2)6-3)17-10-7-11-18(24)13-17/h7-13,15,20,25H,4-6,14H2,1-3H3/t20-/m0/s1. The third-order valence-electron chi connectivity index (χ3n) is 5.34. The summed E-state index contributed by atoms with van der Waals surface area (Å²) in [5.74, 6) is -0.369. The number of nitrogens with one attached hydrogen (secondary N) is 1. The zero-order valence-corrected chi connectivity index (χ0v) is 16.3. The lowest BCUT2D eigenvalue weighted by Gasteiger charge is -2.23. The number of hydrogen-bond donors (Lipinski definition) is 1. The zero-order valence-electron chi connectivity index (χ0n) is 16.3. The van der Waals surface area contributed by atoms with Gasteiger partial charge in [0.1, 0.15) is 5.82 Å². The molecule has 0 saturated heterocycles. The second-order valence-electron chi connectivity index (χ2n) is 6.82. The third kappa shape index (κ3) is 3.90. The van der Waals surface area contributed by atoms with E-state index in [9.17, 15) is 9.18 Å². The van der Waals surface area contributed by atoms with E-state index in [2.05, 4.69) is 24.0 Å². The number of H-pyrrole nitrogens is 1. The number of hydrogen-bond acceptors (Lipinski definition) is 1. The minimum atomic E-state index is -0.276. The summed E-state index contributed by atoms with van der Waals surface area (Å²) < 4.78 is 13.9. The van der Waals surface area contributed by atoms with E-state index in [0.29, 0.717) is 19.5 Å². The number of aryl methyl sites for hydroxylation is 1. The number of benzene rings is 2. The van der Waals surface area contributed by atoms with Crippen molar-refractivity contribution in [1.82, 2.24) is 9.88 Å². The highest BCUT2D eigenvalue weighted by atomic mass is 19.1. The van der Waals surface area contributed by atoms with Crippen molar-refractivity contribution < 1.29 is 9.18 Å². The molecule has 3 rings (SSSR count). The molecule has 1 N–H and O–H groups in total. The Labute approximate surface area is 160 Å². The molecule has 0 radical (unpaired) electrons. The summed E-state index contributed by atoms with van der Waals surface area (Å²) in [5.41, 5.74) is 4.23. The van der Waals surface area contributed by atoms with E-state index < -0.39 is 0 Å². The van der Waals surface area contributed by atoms with Gasteiger partial charge in [0.25, 0.3) is 0 Å². The lowest BCUT2D eigenvalue weighted by molar-refractivity contribution is -0.131. The van der Waals surface area contributed by atoms with Crippen molar-refractivity contribution >= 4 is 16.8 Å². The lowest BCUT2D eigenvalue weighted by Crippen LogP contribution is -2.31. The van der Waals surface area contributed by atoms with E-state index in [1.807, 2.05) is 37.1 Å². The number of carbonyl (C=O) groups is 1. The molecule has 4 heteroatoms. The molecular formula is C23H27FN2O. The molecule has 0 fully saturated rings. The Hall–Kier alpha value is -2.62. The molecule has 1 aromatic heterocycles. The average Bonchev–Trinajstić information content (AvgIpc) is 3.11. The van der Waals surface area contributed by atoms with Crippen LogP contribution in [0.4, 0.5) is 4.39 Å². The summed E-state index contributed by atoms with van der Waals surface area (Å²) in [7, 11) is 0. The van der Waals surface area contributed by atoms with E-state index in [-0.39, 0.29) is 17.6 Å². The molecule has 3 nitrogen and oxygen atoms in total. The van der Waals surface area contributed by atoms with Crippen LogP contribution >= 0.6 is 0 Å². The SMILES string of the molecule is CCc1cccc2c([C@@H](CC(=O)N(CC)CC)c3cccc(F)c3)c[nH]c12. The molecule has 3 aromatic rings. The Kier molecular flexibility index (Phi) is 5.94. The molecule has 1 atom stereocenters. The van der Waals surface area contributed by atoms with E-state index in [4.69, 9.17) is 0 Å². The van der Waals surface area contributed by atoms with Crippen molar-refractivity contribution in [1.29, 1.82) is 0 Å². The fourth-order valence-corrected chi connectivity index (χ4v) is 3.83. The number of amides is 1. The Balaban J connectivity index is 2.09. The van der Waals surface area contributed by atoms with Gasteiger partial charge in [-0.05, 0) is 49.1 Å². The Morgan fingerprint density at radius 3 is 2.52 bits per heavy atom. The summed E-state index contributed by atoms with van der Waals surface area (Å²) in [6.07, 6.45) is 3.24. The smallest absolute Gasteiger partial charge is 0.223 e. The number of aromatic nitrogens is 1. The number of carbonyl (C=O) groups excluding carboxylic acids is 1. The number of nitrogens with zero attached hydrogens (tertiary/aromatic N) is 1. The van der Waals surface area contributed by atoms with E-state index in [1.165, 1.54) is 11.6 Å². The molecule has 0 aliphatic heterocycles. The summed E-state index contributed by atoms with van der Waals surface area (Å²) in [5, 5.41) is 1.11. The number of aromatic amines is 1. The minimum absolute atomic E-state index is 0.0928. The first-order valence-corrected chi connectivity index (χ1v) is 9.71. The normalized spacial score (nSPS) is 12.3. The van der Waals surface area contributed by atoms with Gasteiger partial charge in [-0.3, -0.25) is 4.79 Å². The van der Waals surface area contributed by atoms with Crippen molar-refractivity contribution in [3.63, 3.8) is 0 Å². The highest BCUT2D eigenvalue weighted by molar-refractivity contribution is 5.88. The lowest BCUT2D eigenvalue weighted by atomic mass is 9.87. The molecule has 0 saturated carbocycles. The maximum atomic E-state index is 13.9. The van der Waals surface area contributed by atoms with Crippen LogP contribution in [0.15, 0.2) is 48.7 Å². The van der Waals surface area contributed by atoms with Crippen LogP contribution in [-0.2, 0) is 11.2 Å². The Morgan fingerprint density at radius 1 is 1.11 bits per heavy atom. The highest BCUT2D eigenvalue weighted by Crippen LogP contribution is 2.35. The zero-order chi connectivity index (χ0) is 19.4. The first-order valence-electron chi connectivity index (χ1n) is 9.71. The fourth-order valence-electron chi connectivity index (χ4n) is 3.83. The van der Waals surface area contributed by atoms with Crippen LogP contribution in [0, 0.1) is 5.82 Å². The Bertz CT molecular complexity index is 927. The van der Waals surface area contributed by atoms with Crippen LogP contribution in [0.2, 0.25) is 0 Å². The van der Waals surface area contributed by atoms with Crippen molar-refractivity contribution in [3.05, 3.63) is 71.2 Å². The van der Waals surface area contributed by atoms with Gasteiger partial charge in [-0.15, -0.1) is 0 Å². The summed E-state index contributed by atoms with van der Waals surface area (Å²) in [6.45, 7) is 7.46. The molecule has 0 bridgehead atoms. The van der Waals surface area contributed by atoms with Gasteiger partial charge in [-0.2, -0.15) is 0 Å². The van der Waals surface area contributed by atoms with Crippen molar-refractivity contribution in [2.75, 3.05) is 13.1 Å². The number of para-hydroxylation sites is 1. The van der Waals surface area contributed by atoms with E-state index >= 15 is 0 Å². The second-order valence-corrected chi connectivity index (χ2v) is 6.82. The molecule has 0 unspecified atom stereocenters. The largest absolute Gasteiger partial charge is 0.361 e. The van der Waals surface area contributed by atoms with Crippen LogP contribution in [-0.4, -0.2) is 28.9 Å². The monoisotopic (exact) mass is 366 g/mol. The average molecular weight is 366 g/mol. The van der Waals surface area contributed by atoms with Gasteiger partial charge in [0.05, 0.1) is 0 Å². The van der Waals surface area contributed by atoms with Gasteiger partial charge in [-0.25, -0.2) is 4.39 Å². The van der Waals surface area contributed by atoms with Crippen LogP contribution in [0.1, 0.15) is 49.8 Å². The van der Waals surface area contributed by atoms with E-state index in [1.54, 1.807) is 12.1 Å². The number of halogens is 1. The van der Waals surface area contributed by atoms with Gasteiger partial charge in [0.15, 0.2) is 0 Å². The predicted octanol–water partition coefficient (Wildman–Crippen LogP) is 5.26. The first kappa shape index (κ1) is 19.2. The van der Waals surface area contributed by atoms with Crippen LogP contribution < -0.4 is 0 Å². The molecular weight excluding hydrogens is 339 g/mol. The van der Waals surface area contributed by atoms with Gasteiger partial charge < -0.3 is 9.88 Å². The highest BCUT2D eigenvalue weighted by Gasteiger charge is 2.24. The molecule has 1 amide bonds. The van der Waals surface area contributed by atoms with Crippen molar-refractivity contribution in [2.24, 2.45) is 0 Å². The molecule has 2 aromatic carbocycles. The van der Waals surface area contributed by atoms with Gasteiger partial charge >= 0.3 is 0 Å². The minimum Gasteiger partial charge on any atom is -0.361 e. The van der Waals surface area contributed by atoms with Gasteiger partial charge in [-0.1, -0.05) is 37.3 Å². The maximum Gasteiger partial charge on any atom is 0.223 e. The molecule has 27 heavy (non-hydrogen) atoms. The molecule has 0 aliphatic rings. The maximum absolute atomic E-state index is 13.9. The second kappa shape index (κ2) is 8.38. The first-order chi connectivity index (χ1) is 13.1. The number of fused-ring (bicyclic) bond motifs is 1. The van der Waals surface area contributed by atoms with Crippen LogP contribution in [0.3, 0.4) is 0 Å². The van der Waals surface area contributed by atoms with Crippen molar-refractivity contribution in [2.45, 2.75) is 39.5 Å². The van der Waals surface area contributed by atoms with Gasteiger partial charge in [0.2, 0.25) is 5.91 Å². The topological polar surface area (TPSA) is 36.1 Å².